The van der Waals surface area contributed by atoms with Gasteiger partial charge >= 0.3 is 0 Å². The summed E-state index contributed by atoms with van der Waals surface area (Å²) in [5, 5.41) is 6.15. The molecule has 0 aliphatic carbocycles. The molecule has 3 aromatic heterocycles. The Morgan fingerprint density at radius 2 is 2.25 bits per heavy atom. The van der Waals surface area contributed by atoms with Crippen LogP contribution in [-0.2, 0) is 16.9 Å². The molecule has 0 bridgehead atoms. The number of fused-ring (bicyclic) bond motifs is 1. The van der Waals surface area contributed by atoms with Crippen molar-refractivity contribution in [2.45, 2.75) is 31.1 Å². The fraction of sp³-hybridized carbons (Fsp3) is 0.474. The van der Waals surface area contributed by atoms with Gasteiger partial charge in [-0.15, -0.1) is 11.3 Å². The molecule has 3 aromatic rings. The molecule has 4 rings (SSSR count). The maximum atomic E-state index is 12.5. The predicted octanol–water partition coefficient (Wildman–Crippen LogP) is 3.07. The fourth-order valence-corrected chi connectivity index (χ4v) is 4.88. The van der Waals surface area contributed by atoms with Gasteiger partial charge in [-0.25, -0.2) is 15.0 Å². The van der Waals surface area contributed by atoms with Crippen LogP contribution in [0, 0.1) is 0 Å². The molecule has 0 aromatic carbocycles. The van der Waals surface area contributed by atoms with E-state index in [1.165, 1.54) is 0 Å². The lowest BCUT2D eigenvalue weighted by molar-refractivity contribution is 0.0704. The monoisotopic (exact) mass is 417 g/mol. The molecule has 148 valence electrons. The van der Waals surface area contributed by atoms with E-state index in [9.17, 15) is 4.79 Å². The van der Waals surface area contributed by atoms with Crippen LogP contribution in [0.5, 0.6) is 0 Å². The van der Waals surface area contributed by atoms with E-state index in [4.69, 9.17) is 4.74 Å². The summed E-state index contributed by atoms with van der Waals surface area (Å²) in [6.45, 7) is 2.08. The number of nitrogens with one attached hydrogen (secondary N) is 1. The molecule has 9 heteroatoms. The molecule has 0 unspecified atom stereocenters. The van der Waals surface area contributed by atoms with Gasteiger partial charge in [-0.1, -0.05) is 0 Å². The van der Waals surface area contributed by atoms with E-state index < -0.39 is 0 Å². The van der Waals surface area contributed by atoms with Gasteiger partial charge in [-0.05, 0) is 25.2 Å². The van der Waals surface area contributed by atoms with E-state index in [1.54, 1.807) is 29.3 Å². The van der Waals surface area contributed by atoms with E-state index in [0.29, 0.717) is 18.2 Å². The third-order valence-corrected chi connectivity index (χ3v) is 6.44. The van der Waals surface area contributed by atoms with Gasteiger partial charge in [0.15, 0.2) is 5.65 Å². The summed E-state index contributed by atoms with van der Waals surface area (Å²) >= 11 is 3.43. The van der Waals surface area contributed by atoms with E-state index >= 15 is 0 Å². The van der Waals surface area contributed by atoms with Crippen molar-refractivity contribution in [3.05, 3.63) is 40.2 Å². The van der Waals surface area contributed by atoms with Crippen molar-refractivity contribution in [1.82, 2.24) is 24.8 Å². The first-order chi connectivity index (χ1) is 13.7. The molecular weight excluding hydrogens is 394 g/mol. The lowest BCUT2D eigenvalue weighted by Gasteiger charge is -2.23. The first-order valence-electron chi connectivity index (χ1n) is 9.35. The van der Waals surface area contributed by atoms with Crippen molar-refractivity contribution >= 4 is 40.2 Å². The predicted molar refractivity (Wildman–Crippen MR) is 112 cm³/mol. The molecule has 1 saturated heterocycles. The van der Waals surface area contributed by atoms with Crippen molar-refractivity contribution in [3.63, 3.8) is 0 Å². The molecular formula is C19H23N5O2S2. The highest BCUT2D eigenvalue weighted by atomic mass is 32.2. The Labute approximate surface area is 171 Å². The number of thioether (sulfide) groups is 1. The van der Waals surface area contributed by atoms with Gasteiger partial charge in [-0.2, -0.15) is 11.8 Å². The highest BCUT2D eigenvalue weighted by Gasteiger charge is 2.19. The van der Waals surface area contributed by atoms with Crippen molar-refractivity contribution in [3.8, 4) is 0 Å². The Kier molecular flexibility index (Phi) is 6.23. The van der Waals surface area contributed by atoms with E-state index in [-0.39, 0.29) is 5.91 Å². The molecule has 0 spiro atoms. The molecule has 0 atom stereocenters. The zero-order chi connectivity index (χ0) is 19.3. The highest BCUT2D eigenvalue weighted by molar-refractivity contribution is 7.97. The Hall–Kier alpha value is -1.97. The Morgan fingerprint density at radius 1 is 1.39 bits per heavy atom. The molecule has 1 fully saturated rings. The molecule has 1 aliphatic heterocycles. The van der Waals surface area contributed by atoms with E-state index in [1.807, 2.05) is 12.4 Å². The lowest BCUT2D eigenvalue weighted by atomic mass is 10.1. The number of imidazole rings is 1. The summed E-state index contributed by atoms with van der Waals surface area (Å²) in [4.78, 5) is 26.0. The number of carbonyl (C=O) groups excluding carboxylic acids is 1. The fourth-order valence-electron chi connectivity index (χ4n) is 3.33. The van der Waals surface area contributed by atoms with Crippen LogP contribution < -0.4 is 5.32 Å². The van der Waals surface area contributed by atoms with Crippen molar-refractivity contribution in [1.29, 1.82) is 0 Å². The van der Waals surface area contributed by atoms with Gasteiger partial charge in [-0.3, -0.25) is 4.79 Å². The number of ether oxygens (including phenoxy) is 1. The Bertz CT molecular complexity index is 949. The molecule has 1 N–H and O–H groups in total. The SMILES string of the molecule is CSCc1nc(CCNC(=O)c2cnc3c(c2)ncn3C2CCOCC2)cs1. The summed E-state index contributed by atoms with van der Waals surface area (Å²) in [6, 6.07) is 2.17. The van der Waals surface area contributed by atoms with Crippen molar-refractivity contribution < 1.29 is 9.53 Å². The number of hydrogen-bond donors (Lipinski definition) is 1. The summed E-state index contributed by atoms with van der Waals surface area (Å²) in [7, 11) is 0. The van der Waals surface area contributed by atoms with E-state index in [0.717, 1.165) is 60.1 Å². The van der Waals surface area contributed by atoms with Crippen LogP contribution in [0.4, 0.5) is 0 Å². The average molecular weight is 418 g/mol. The zero-order valence-corrected chi connectivity index (χ0v) is 17.4. The van der Waals surface area contributed by atoms with Crippen LogP contribution in [0.3, 0.4) is 0 Å². The van der Waals surface area contributed by atoms with Gasteiger partial charge in [0.05, 0.1) is 17.6 Å². The molecule has 1 amide bonds. The standard InChI is InChI=1S/C19H23N5O2S2/c1-27-11-17-23-14(10-28-17)2-5-20-19(25)13-8-16-18(21-9-13)24(12-22-16)15-3-6-26-7-4-15/h8-10,12,15H,2-7,11H2,1H3,(H,20,25). The van der Waals surface area contributed by atoms with Crippen LogP contribution in [0.2, 0.25) is 0 Å². The van der Waals surface area contributed by atoms with Crippen LogP contribution in [-0.4, -0.2) is 51.4 Å². The van der Waals surface area contributed by atoms with Gasteiger partial charge in [0.2, 0.25) is 0 Å². The second-order valence-corrected chi connectivity index (χ2v) is 8.54. The molecule has 4 heterocycles. The van der Waals surface area contributed by atoms with Gasteiger partial charge in [0.1, 0.15) is 10.5 Å². The minimum absolute atomic E-state index is 0.130. The van der Waals surface area contributed by atoms with Gasteiger partial charge in [0, 0.05) is 49.6 Å². The van der Waals surface area contributed by atoms with Crippen LogP contribution in [0.1, 0.15) is 39.9 Å². The number of pyridine rings is 1. The quantitative estimate of drug-likeness (QED) is 0.636. The normalized spacial score (nSPS) is 15.2. The number of nitrogens with zero attached hydrogens (tertiary/aromatic N) is 4. The summed E-state index contributed by atoms with van der Waals surface area (Å²) in [6.07, 6.45) is 8.18. The second-order valence-electron chi connectivity index (χ2n) is 6.73. The third kappa shape index (κ3) is 4.37. The number of aromatic nitrogens is 4. The topological polar surface area (TPSA) is 81.9 Å². The molecule has 0 saturated carbocycles. The maximum absolute atomic E-state index is 12.5. The lowest BCUT2D eigenvalue weighted by Crippen LogP contribution is -2.26. The number of hydrogen-bond acceptors (Lipinski definition) is 7. The first-order valence-corrected chi connectivity index (χ1v) is 11.6. The maximum Gasteiger partial charge on any atom is 0.252 e. The number of thiazole rings is 1. The number of amides is 1. The molecule has 1 aliphatic rings. The summed E-state index contributed by atoms with van der Waals surface area (Å²) < 4.78 is 7.54. The van der Waals surface area contributed by atoms with Gasteiger partial charge < -0.3 is 14.6 Å². The first kappa shape index (κ1) is 19.4. The second kappa shape index (κ2) is 9.02. The van der Waals surface area contributed by atoms with Crippen LogP contribution >= 0.6 is 23.1 Å². The smallest absolute Gasteiger partial charge is 0.252 e. The zero-order valence-electron chi connectivity index (χ0n) is 15.8. The Morgan fingerprint density at radius 3 is 3.07 bits per heavy atom. The Balaban J connectivity index is 1.37. The van der Waals surface area contributed by atoms with E-state index in [2.05, 4.69) is 36.5 Å². The minimum Gasteiger partial charge on any atom is -0.381 e. The van der Waals surface area contributed by atoms with Crippen molar-refractivity contribution in [2.75, 3.05) is 26.0 Å². The summed E-state index contributed by atoms with van der Waals surface area (Å²) in [5.41, 5.74) is 3.14. The molecule has 7 nitrogen and oxygen atoms in total. The molecule has 28 heavy (non-hydrogen) atoms. The van der Waals surface area contributed by atoms with Crippen LogP contribution in [0.25, 0.3) is 11.2 Å². The largest absolute Gasteiger partial charge is 0.381 e. The summed E-state index contributed by atoms with van der Waals surface area (Å²) in [5.74, 6) is 0.804. The highest BCUT2D eigenvalue weighted by Crippen LogP contribution is 2.24. The van der Waals surface area contributed by atoms with Crippen molar-refractivity contribution in [2.24, 2.45) is 0 Å². The average Bonchev–Trinajstić information content (AvgIpc) is 3.35. The van der Waals surface area contributed by atoms with Gasteiger partial charge in [0.25, 0.3) is 5.91 Å². The minimum atomic E-state index is -0.130. The number of carbonyl (C=O) groups is 1. The molecule has 0 radical (unpaired) electrons. The van der Waals surface area contributed by atoms with Crippen LogP contribution in [0.15, 0.2) is 24.0 Å². The third-order valence-electron chi connectivity index (χ3n) is 4.79. The number of rotatable bonds is 7.